The Balaban J connectivity index is 1.56. The third-order valence-corrected chi connectivity index (χ3v) is 5.98. The average molecular weight is 396 g/mol. The summed E-state index contributed by atoms with van der Waals surface area (Å²) in [4.78, 5) is 26.6. The smallest absolute Gasteiger partial charge is 0.335 e. The molecule has 1 aliphatic carbocycles. The number of ether oxygens (including phenoxy) is 2. The van der Waals surface area contributed by atoms with Crippen LogP contribution in [0.1, 0.15) is 29.0 Å². The molecule has 0 aromatic heterocycles. The highest BCUT2D eigenvalue weighted by atomic mass is 16.5. The van der Waals surface area contributed by atoms with Crippen LogP contribution in [0.4, 0.5) is 0 Å². The zero-order chi connectivity index (χ0) is 20.6. The van der Waals surface area contributed by atoms with Gasteiger partial charge in [-0.25, -0.2) is 4.79 Å². The molecule has 4 heteroatoms. The van der Waals surface area contributed by atoms with E-state index in [1.165, 1.54) is 0 Å². The molecule has 1 spiro atoms. The van der Waals surface area contributed by atoms with Gasteiger partial charge in [0, 0.05) is 11.5 Å². The van der Waals surface area contributed by atoms with Crippen molar-refractivity contribution in [1.82, 2.24) is 0 Å². The van der Waals surface area contributed by atoms with Gasteiger partial charge in [0.05, 0.1) is 5.57 Å². The number of carbonyl (C=O) groups is 2. The normalized spacial score (nSPS) is 21.8. The van der Waals surface area contributed by atoms with Gasteiger partial charge in [-0.1, -0.05) is 84.9 Å². The summed E-state index contributed by atoms with van der Waals surface area (Å²) in [7, 11) is 0. The van der Waals surface area contributed by atoms with Crippen molar-refractivity contribution in [2.75, 3.05) is 0 Å². The number of para-hydroxylation sites is 1. The van der Waals surface area contributed by atoms with Crippen molar-refractivity contribution >= 4 is 11.9 Å². The maximum atomic E-state index is 13.4. The molecule has 5 rings (SSSR count). The predicted octanol–water partition coefficient (Wildman–Crippen LogP) is 4.70. The molecule has 148 valence electrons. The van der Waals surface area contributed by atoms with Crippen LogP contribution < -0.4 is 4.74 Å². The van der Waals surface area contributed by atoms with E-state index in [0.29, 0.717) is 17.7 Å². The van der Waals surface area contributed by atoms with E-state index in [0.717, 1.165) is 16.7 Å². The van der Waals surface area contributed by atoms with Gasteiger partial charge in [-0.3, -0.25) is 4.79 Å². The number of esters is 2. The number of hydrogen-bond donors (Lipinski definition) is 0. The fraction of sp³-hybridized carbons (Fsp3) is 0.154. The fourth-order valence-electron chi connectivity index (χ4n) is 4.63. The fourth-order valence-corrected chi connectivity index (χ4v) is 4.63. The third-order valence-electron chi connectivity index (χ3n) is 5.98. The monoisotopic (exact) mass is 396 g/mol. The number of carbonyl (C=O) groups excluding carboxylic acids is 2. The third kappa shape index (κ3) is 2.76. The van der Waals surface area contributed by atoms with Gasteiger partial charge < -0.3 is 9.47 Å². The van der Waals surface area contributed by atoms with E-state index in [9.17, 15) is 9.59 Å². The summed E-state index contributed by atoms with van der Waals surface area (Å²) in [6, 6.07) is 26.7. The SMILES string of the molecule is O=C(OCc1ccccc1)C1=CCC(c2ccccc2)C12C(=O)Oc1ccccc12. The number of benzene rings is 3. The highest BCUT2D eigenvalue weighted by molar-refractivity contribution is 6.07. The summed E-state index contributed by atoms with van der Waals surface area (Å²) in [6.45, 7) is 0.153. The molecule has 0 saturated heterocycles. The van der Waals surface area contributed by atoms with Crippen molar-refractivity contribution in [2.24, 2.45) is 0 Å². The Labute approximate surface area is 174 Å². The molecule has 0 fully saturated rings. The van der Waals surface area contributed by atoms with Crippen molar-refractivity contribution in [2.45, 2.75) is 24.4 Å². The Morgan fingerprint density at radius 2 is 1.60 bits per heavy atom. The lowest BCUT2D eigenvalue weighted by atomic mass is 9.67. The minimum Gasteiger partial charge on any atom is -0.457 e. The first-order chi connectivity index (χ1) is 14.7. The molecule has 1 aliphatic heterocycles. The van der Waals surface area contributed by atoms with Crippen LogP contribution in [-0.2, 0) is 26.3 Å². The van der Waals surface area contributed by atoms with Crippen molar-refractivity contribution in [3.05, 3.63) is 113 Å². The summed E-state index contributed by atoms with van der Waals surface area (Å²) in [5.41, 5.74) is 1.79. The molecule has 0 bridgehead atoms. The van der Waals surface area contributed by atoms with Gasteiger partial charge in [0.25, 0.3) is 0 Å². The highest BCUT2D eigenvalue weighted by Gasteiger charge is 2.61. The second-order valence-corrected chi connectivity index (χ2v) is 7.57. The van der Waals surface area contributed by atoms with E-state index in [4.69, 9.17) is 9.47 Å². The topological polar surface area (TPSA) is 52.6 Å². The van der Waals surface area contributed by atoms with Gasteiger partial charge in [-0.2, -0.15) is 0 Å². The summed E-state index contributed by atoms with van der Waals surface area (Å²) < 4.78 is 11.3. The van der Waals surface area contributed by atoms with Crippen LogP contribution >= 0.6 is 0 Å². The number of allylic oxidation sites excluding steroid dienone is 1. The van der Waals surface area contributed by atoms with E-state index in [2.05, 4.69) is 0 Å². The standard InChI is InChI=1S/C26H20O4/c27-24(29-17-18-9-3-1-4-10-18)22-16-15-20(19-11-5-2-6-12-19)26(22)21-13-7-8-14-23(21)30-25(26)28/h1-14,16,20H,15,17H2. The maximum absolute atomic E-state index is 13.4. The van der Waals surface area contributed by atoms with E-state index in [-0.39, 0.29) is 12.5 Å². The average Bonchev–Trinajstić information content (AvgIpc) is 3.33. The first kappa shape index (κ1) is 18.4. The van der Waals surface area contributed by atoms with Gasteiger partial charge in [0.1, 0.15) is 17.8 Å². The van der Waals surface area contributed by atoms with Gasteiger partial charge in [-0.05, 0) is 23.6 Å². The van der Waals surface area contributed by atoms with Gasteiger partial charge in [0.15, 0.2) is 0 Å². The Kier molecular flexibility index (Phi) is 4.47. The molecule has 0 radical (unpaired) electrons. The summed E-state index contributed by atoms with van der Waals surface area (Å²) in [5.74, 6) is -0.620. The largest absolute Gasteiger partial charge is 0.457 e. The lowest BCUT2D eigenvalue weighted by Crippen LogP contribution is -2.41. The first-order valence-electron chi connectivity index (χ1n) is 9.99. The van der Waals surface area contributed by atoms with E-state index in [1.54, 1.807) is 6.07 Å². The molecule has 3 aromatic carbocycles. The molecule has 3 aromatic rings. The quantitative estimate of drug-likeness (QED) is 0.474. The zero-order valence-corrected chi connectivity index (χ0v) is 16.3. The number of fused-ring (bicyclic) bond motifs is 2. The van der Waals surface area contributed by atoms with E-state index >= 15 is 0 Å². The number of rotatable bonds is 4. The lowest BCUT2D eigenvalue weighted by molar-refractivity contribution is -0.145. The van der Waals surface area contributed by atoms with Gasteiger partial charge in [0.2, 0.25) is 0 Å². The molecular formula is C26H20O4. The molecule has 0 saturated carbocycles. The molecule has 4 nitrogen and oxygen atoms in total. The van der Waals surface area contributed by atoms with Gasteiger partial charge in [-0.15, -0.1) is 0 Å². The van der Waals surface area contributed by atoms with Crippen LogP contribution in [0.25, 0.3) is 0 Å². The Bertz CT molecular complexity index is 1130. The summed E-state index contributed by atoms with van der Waals surface area (Å²) >= 11 is 0. The molecule has 1 heterocycles. The Morgan fingerprint density at radius 3 is 2.37 bits per heavy atom. The van der Waals surface area contributed by atoms with Crippen molar-refractivity contribution in [1.29, 1.82) is 0 Å². The maximum Gasteiger partial charge on any atom is 0.335 e. The van der Waals surface area contributed by atoms with Crippen molar-refractivity contribution in [3.8, 4) is 5.75 Å². The molecule has 2 atom stereocenters. The van der Waals surface area contributed by atoms with E-state index in [1.807, 2.05) is 84.9 Å². The zero-order valence-electron chi connectivity index (χ0n) is 16.3. The lowest BCUT2D eigenvalue weighted by Gasteiger charge is -2.31. The van der Waals surface area contributed by atoms with Crippen molar-refractivity contribution < 1.29 is 19.1 Å². The van der Waals surface area contributed by atoms with Crippen LogP contribution in [0.3, 0.4) is 0 Å². The number of hydrogen-bond acceptors (Lipinski definition) is 4. The minimum atomic E-state index is -1.19. The molecule has 30 heavy (non-hydrogen) atoms. The van der Waals surface area contributed by atoms with Crippen LogP contribution in [0.2, 0.25) is 0 Å². The minimum absolute atomic E-state index is 0.153. The molecule has 2 aliphatic rings. The van der Waals surface area contributed by atoms with Crippen LogP contribution in [-0.4, -0.2) is 11.9 Å². The van der Waals surface area contributed by atoms with Gasteiger partial charge >= 0.3 is 11.9 Å². The Morgan fingerprint density at radius 1 is 0.933 bits per heavy atom. The van der Waals surface area contributed by atoms with Crippen LogP contribution in [0.5, 0.6) is 5.75 Å². The van der Waals surface area contributed by atoms with Crippen molar-refractivity contribution in [3.63, 3.8) is 0 Å². The molecule has 2 unspecified atom stereocenters. The molecule has 0 N–H and O–H groups in total. The molecular weight excluding hydrogens is 376 g/mol. The second-order valence-electron chi connectivity index (χ2n) is 7.57. The van der Waals surface area contributed by atoms with Crippen LogP contribution in [0, 0.1) is 0 Å². The first-order valence-corrected chi connectivity index (χ1v) is 9.99. The van der Waals surface area contributed by atoms with Crippen LogP contribution in [0.15, 0.2) is 96.6 Å². The van der Waals surface area contributed by atoms with E-state index < -0.39 is 17.4 Å². The summed E-state index contributed by atoms with van der Waals surface area (Å²) in [5, 5.41) is 0. The second kappa shape index (κ2) is 7.30. The molecule has 0 amide bonds. The highest BCUT2D eigenvalue weighted by Crippen LogP contribution is 2.57. The predicted molar refractivity (Wildman–Crippen MR) is 112 cm³/mol. The Hall–Kier alpha value is -3.66. The summed E-state index contributed by atoms with van der Waals surface area (Å²) in [6.07, 6.45) is 2.40.